The van der Waals surface area contributed by atoms with Crippen LogP contribution in [0.3, 0.4) is 0 Å². The molecule has 1 aromatic heterocycles. The first-order valence-electron chi connectivity index (χ1n) is 9.13. The summed E-state index contributed by atoms with van der Waals surface area (Å²) in [6.07, 6.45) is 0. The number of halogens is 1. The number of carbonyl (C=O) groups is 2. The molecule has 1 N–H and O–H groups in total. The Kier molecular flexibility index (Phi) is 6.85. The molecule has 0 saturated carbocycles. The summed E-state index contributed by atoms with van der Waals surface area (Å²) in [5.74, 6) is -0.967. The van der Waals surface area contributed by atoms with E-state index in [1.165, 1.54) is 21.7 Å². The lowest BCUT2D eigenvalue weighted by atomic mass is 10.2. The Hall–Kier alpha value is -3.33. The monoisotopic (exact) mass is 399 g/mol. The number of carbonyl (C=O) groups excluding carboxylic acids is 2. The number of nitrogens with one attached hydrogen (secondary N) is 1. The molecule has 0 aliphatic heterocycles. The van der Waals surface area contributed by atoms with Crippen LogP contribution in [0.25, 0.3) is 11.0 Å². The third-order valence-electron chi connectivity index (χ3n) is 4.31. The molecular weight excluding hydrogens is 377 g/mol. The fourth-order valence-corrected chi connectivity index (χ4v) is 2.83. The second-order valence-corrected chi connectivity index (χ2v) is 6.45. The Bertz CT molecular complexity index is 974. The van der Waals surface area contributed by atoms with Gasteiger partial charge in [-0.15, -0.1) is 5.10 Å². The van der Waals surface area contributed by atoms with Gasteiger partial charge in [-0.1, -0.05) is 29.5 Å². The first-order chi connectivity index (χ1) is 14.1. The predicted octanol–water partition coefficient (Wildman–Crippen LogP) is 1.36. The molecule has 0 bridgehead atoms. The Morgan fingerprint density at radius 2 is 1.93 bits per heavy atom. The average Bonchev–Trinajstić information content (AvgIpc) is 3.12. The first-order valence-corrected chi connectivity index (χ1v) is 9.13. The first kappa shape index (κ1) is 20.4. The van der Waals surface area contributed by atoms with Gasteiger partial charge in [0.05, 0.1) is 18.7 Å². The highest BCUT2D eigenvalue weighted by molar-refractivity contribution is 5.85. The van der Waals surface area contributed by atoms with Gasteiger partial charge in [0.15, 0.2) is 0 Å². The van der Waals surface area contributed by atoms with Crippen LogP contribution in [-0.4, -0.2) is 58.5 Å². The molecular formula is C20H22FN5O3. The van der Waals surface area contributed by atoms with Gasteiger partial charge in [-0.3, -0.25) is 9.59 Å². The second kappa shape index (κ2) is 9.74. The number of hydrogen-bond acceptors (Lipinski definition) is 5. The summed E-state index contributed by atoms with van der Waals surface area (Å²) in [6, 6.07) is 13.1. The minimum absolute atomic E-state index is 0.0624. The lowest BCUT2D eigenvalue weighted by Crippen LogP contribution is -2.42. The number of aromatic nitrogens is 3. The molecule has 3 rings (SSSR count). The maximum absolute atomic E-state index is 13.2. The molecule has 8 nitrogen and oxygen atoms in total. The summed E-state index contributed by atoms with van der Waals surface area (Å²) in [5, 5.41) is 10.8. The molecule has 0 saturated heterocycles. The average molecular weight is 399 g/mol. The van der Waals surface area contributed by atoms with Gasteiger partial charge in [-0.25, -0.2) is 9.07 Å². The molecule has 0 aliphatic rings. The lowest BCUT2D eigenvalue weighted by molar-refractivity contribution is -0.137. The third kappa shape index (κ3) is 5.58. The van der Waals surface area contributed by atoms with E-state index in [4.69, 9.17) is 4.74 Å². The minimum Gasteiger partial charge on any atom is -0.383 e. The number of benzene rings is 2. The smallest absolute Gasteiger partial charge is 0.245 e. The van der Waals surface area contributed by atoms with Crippen molar-refractivity contribution < 1.29 is 18.7 Å². The normalized spacial score (nSPS) is 10.8. The van der Waals surface area contributed by atoms with Crippen molar-refractivity contribution in [2.24, 2.45) is 0 Å². The molecule has 0 radical (unpaired) electrons. The maximum Gasteiger partial charge on any atom is 0.245 e. The van der Waals surface area contributed by atoms with Crippen LogP contribution in [0, 0.1) is 5.82 Å². The van der Waals surface area contributed by atoms with Crippen LogP contribution < -0.4 is 5.32 Å². The van der Waals surface area contributed by atoms with Gasteiger partial charge in [0.25, 0.3) is 0 Å². The quantitative estimate of drug-likeness (QED) is 0.549. The summed E-state index contributed by atoms with van der Waals surface area (Å²) in [4.78, 5) is 26.6. The van der Waals surface area contributed by atoms with Gasteiger partial charge < -0.3 is 15.0 Å². The predicted molar refractivity (Wildman–Crippen MR) is 104 cm³/mol. The molecule has 0 fully saturated rings. The van der Waals surface area contributed by atoms with E-state index in [2.05, 4.69) is 15.6 Å². The van der Waals surface area contributed by atoms with Crippen molar-refractivity contribution in [3.8, 4) is 0 Å². The van der Waals surface area contributed by atoms with Crippen molar-refractivity contribution in [2.45, 2.75) is 13.1 Å². The Morgan fingerprint density at radius 3 is 2.69 bits per heavy atom. The van der Waals surface area contributed by atoms with E-state index in [1.807, 2.05) is 24.3 Å². The summed E-state index contributed by atoms with van der Waals surface area (Å²) in [7, 11) is 1.54. The largest absolute Gasteiger partial charge is 0.383 e. The van der Waals surface area contributed by atoms with Crippen LogP contribution in [-0.2, 0) is 27.4 Å². The van der Waals surface area contributed by atoms with Crippen molar-refractivity contribution in [1.82, 2.24) is 25.2 Å². The lowest BCUT2D eigenvalue weighted by Gasteiger charge is -2.22. The number of rotatable bonds is 9. The SMILES string of the molecule is COCCNC(=O)CN(Cc1ccc(F)cc1)C(=O)Cn1nnc2ccccc21. The number of para-hydroxylation sites is 1. The molecule has 152 valence electrons. The number of hydrogen-bond donors (Lipinski definition) is 1. The van der Waals surface area contributed by atoms with Crippen LogP contribution >= 0.6 is 0 Å². The summed E-state index contributed by atoms with van der Waals surface area (Å²) in [5.41, 5.74) is 2.13. The van der Waals surface area contributed by atoms with Crippen molar-refractivity contribution in [1.29, 1.82) is 0 Å². The minimum atomic E-state index is -0.363. The summed E-state index contributed by atoms with van der Waals surface area (Å²) in [6.45, 7) is 0.702. The molecule has 0 unspecified atom stereocenters. The number of ether oxygens (including phenoxy) is 1. The zero-order chi connectivity index (χ0) is 20.6. The fourth-order valence-electron chi connectivity index (χ4n) is 2.83. The van der Waals surface area contributed by atoms with E-state index in [0.29, 0.717) is 24.2 Å². The van der Waals surface area contributed by atoms with Gasteiger partial charge in [-0.05, 0) is 29.8 Å². The fraction of sp³-hybridized carbons (Fsp3) is 0.300. The molecule has 0 atom stereocenters. The number of fused-ring (bicyclic) bond motifs is 1. The number of nitrogens with zero attached hydrogens (tertiary/aromatic N) is 4. The van der Waals surface area contributed by atoms with E-state index in [0.717, 1.165) is 5.52 Å². The van der Waals surface area contributed by atoms with Gasteiger partial charge in [0.2, 0.25) is 11.8 Å². The molecule has 2 aromatic carbocycles. The Morgan fingerprint density at radius 1 is 1.17 bits per heavy atom. The van der Waals surface area contributed by atoms with Crippen molar-refractivity contribution in [2.75, 3.05) is 26.8 Å². The molecule has 29 heavy (non-hydrogen) atoms. The number of methoxy groups -OCH3 is 1. The van der Waals surface area contributed by atoms with E-state index >= 15 is 0 Å². The van der Waals surface area contributed by atoms with Gasteiger partial charge in [0.1, 0.15) is 17.9 Å². The summed E-state index contributed by atoms with van der Waals surface area (Å²) >= 11 is 0. The molecule has 0 spiro atoms. The van der Waals surface area contributed by atoms with Gasteiger partial charge in [-0.2, -0.15) is 0 Å². The number of amides is 2. The van der Waals surface area contributed by atoms with E-state index in [1.54, 1.807) is 19.2 Å². The van der Waals surface area contributed by atoms with Crippen LogP contribution in [0.1, 0.15) is 5.56 Å². The van der Waals surface area contributed by atoms with Crippen LogP contribution in [0.2, 0.25) is 0 Å². The van der Waals surface area contributed by atoms with Crippen LogP contribution in [0.5, 0.6) is 0 Å². The molecule has 1 heterocycles. The molecule has 2 amide bonds. The molecule has 3 aromatic rings. The van der Waals surface area contributed by atoms with E-state index < -0.39 is 0 Å². The van der Waals surface area contributed by atoms with Crippen molar-refractivity contribution >= 4 is 22.8 Å². The Labute approximate surface area is 167 Å². The van der Waals surface area contributed by atoms with Crippen molar-refractivity contribution in [3.63, 3.8) is 0 Å². The van der Waals surface area contributed by atoms with Gasteiger partial charge >= 0.3 is 0 Å². The zero-order valence-electron chi connectivity index (χ0n) is 16.0. The second-order valence-electron chi connectivity index (χ2n) is 6.45. The topological polar surface area (TPSA) is 89.4 Å². The van der Waals surface area contributed by atoms with Gasteiger partial charge in [0, 0.05) is 20.2 Å². The zero-order valence-corrected chi connectivity index (χ0v) is 16.0. The van der Waals surface area contributed by atoms with Crippen molar-refractivity contribution in [3.05, 3.63) is 59.9 Å². The highest BCUT2D eigenvalue weighted by Gasteiger charge is 2.19. The van der Waals surface area contributed by atoms with E-state index in [-0.39, 0.29) is 37.3 Å². The van der Waals surface area contributed by atoms with Crippen LogP contribution in [0.15, 0.2) is 48.5 Å². The Balaban J connectivity index is 1.74. The van der Waals surface area contributed by atoms with E-state index in [9.17, 15) is 14.0 Å². The maximum atomic E-state index is 13.2. The standard InChI is InChI=1S/C20H22FN5O3/c1-29-11-10-22-19(27)13-25(12-15-6-8-16(21)9-7-15)20(28)14-26-18-5-3-2-4-17(18)23-24-26/h2-9H,10-14H2,1H3,(H,22,27). The highest BCUT2D eigenvalue weighted by atomic mass is 19.1. The summed E-state index contributed by atoms with van der Waals surface area (Å²) < 4.78 is 19.6. The highest BCUT2D eigenvalue weighted by Crippen LogP contribution is 2.12. The molecule has 9 heteroatoms. The van der Waals surface area contributed by atoms with Crippen LogP contribution in [0.4, 0.5) is 4.39 Å². The molecule has 0 aliphatic carbocycles. The third-order valence-corrected chi connectivity index (χ3v) is 4.31.